The third-order valence-corrected chi connectivity index (χ3v) is 3.73. The van der Waals surface area contributed by atoms with Crippen molar-refractivity contribution in [2.45, 2.75) is 32.9 Å². The van der Waals surface area contributed by atoms with Gasteiger partial charge >= 0.3 is 0 Å². The fourth-order valence-electron chi connectivity index (χ4n) is 2.62. The van der Waals surface area contributed by atoms with Crippen LogP contribution >= 0.6 is 0 Å². The van der Waals surface area contributed by atoms with Gasteiger partial charge < -0.3 is 15.3 Å². The monoisotopic (exact) mass is 249 g/mol. The molecule has 0 aromatic carbocycles. The molecule has 1 aromatic heterocycles. The van der Waals surface area contributed by atoms with Gasteiger partial charge in [-0.2, -0.15) is 0 Å². The van der Waals surface area contributed by atoms with E-state index in [2.05, 4.69) is 29.2 Å². The Kier molecular flexibility index (Phi) is 4.19. The van der Waals surface area contributed by atoms with Gasteiger partial charge in [-0.15, -0.1) is 0 Å². The highest BCUT2D eigenvalue weighted by atomic mass is 16.3. The zero-order chi connectivity index (χ0) is 13.1. The van der Waals surface area contributed by atoms with Crippen molar-refractivity contribution in [3.05, 3.63) is 23.5 Å². The zero-order valence-electron chi connectivity index (χ0n) is 11.5. The Morgan fingerprint density at radius 3 is 3.00 bits per heavy atom. The van der Waals surface area contributed by atoms with Crippen LogP contribution in [-0.4, -0.2) is 41.2 Å². The van der Waals surface area contributed by atoms with Crippen LogP contribution in [0, 0.1) is 12.8 Å². The number of hydrogen-bond acceptors (Lipinski definition) is 4. The molecule has 0 saturated carbocycles. The van der Waals surface area contributed by atoms with Gasteiger partial charge in [0.15, 0.2) is 0 Å². The maximum Gasteiger partial charge on any atom is 0.138 e. The number of nitrogens with zero attached hydrogens (tertiary/aromatic N) is 2. The summed E-state index contributed by atoms with van der Waals surface area (Å²) in [7, 11) is 2.17. The molecule has 100 valence electrons. The summed E-state index contributed by atoms with van der Waals surface area (Å²) >= 11 is 0. The van der Waals surface area contributed by atoms with Crippen molar-refractivity contribution < 1.29 is 5.11 Å². The smallest absolute Gasteiger partial charge is 0.138 e. The standard InChI is InChI=1S/C14H23N3O/c1-10-9-17(3)7-6-12(10)15-8-13-14(18)5-4-11(2)16-13/h4-5,10,12,15,18H,6-9H2,1-3H3. The van der Waals surface area contributed by atoms with E-state index in [1.165, 1.54) is 0 Å². The normalized spacial score (nSPS) is 25.3. The van der Waals surface area contributed by atoms with Crippen LogP contribution < -0.4 is 5.32 Å². The van der Waals surface area contributed by atoms with Crippen LogP contribution in [0.4, 0.5) is 0 Å². The van der Waals surface area contributed by atoms with E-state index in [4.69, 9.17) is 0 Å². The number of pyridine rings is 1. The molecule has 0 amide bonds. The topological polar surface area (TPSA) is 48.4 Å². The molecule has 0 spiro atoms. The number of nitrogens with one attached hydrogen (secondary N) is 1. The van der Waals surface area contributed by atoms with Crippen molar-refractivity contribution in [1.82, 2.24) is 15.2 Å². The molecule has 1 aromatic rings. The molecule has 0 bridgehead atoms. The minimum atomic E-state index is 0.286. The fourth-order valence-corrected chi connectivity index (χ4v) is 2.62. The van der Waals surface area contributed by atoms with Crippen LogP contribution in [0.15, 0.2) is 12.1 Å². The number of aromatic hydroxyl groups is 1. The first-order valence-electron chi connectivity index (χ1n) is 6.63. The molecule has 1 saturated heterocycles. The molecule has 4 heteroatoms. The number of piperidine rings is 1. The van der Waals surface area contributed by atoms with E-state index in [0.717, 1.165) is 30.9 Å². The van der Waals surface area contributed by atoms with Crippen molar-refractivity contribution in [2.24, 2.45) is 5.92 Å². The van der Waals surface area contributed by atoms with E-state index in [0.29, 0.717) is 18.5 Å². The minimum Gasteiger partial charge on any atom is -0.506 e. The first kappa shape index (κ1) is 13.3. The second-order valence-corrected chi connectivity index (χ2v) is 5.43. The van der Waals surface area contributed by atoms with E-state index in [1.807, 2.05) is 13.0 Å². The van der Waals surface area contributed by atoms with Crippen molar-refractivity contribution in [2.75, 3.05) is 20.1 Å². The average Bonchev–Trinajstić information content (AvgIpc) is 2.32. The number of rotatable bonds is 3. The molecule has 18 heavy (non-hydrogen) atoms. The van der Waals surface area contributed by atoms with Gasteiger partial charge in [-0.05, 0) is 45.0 Å². The van der Waals surface area contributed by atoms with Gasteiger partial charge in [0.2, 0.25) is 0 Å². The van der Waals surface area contributed by atoms with Gasteiger partial charge in [0, 0.05) is 24.8 Å². The molecule has 2 atom stereocenters. The van der Waals surface area contributed by atoms with Crippen LogP contribution in [0.5, 0.6) is 5.75 Å². The molecule has 0 radical (unpaired) electrons. The van der Waals surface area contributed by atoms with Gasteiger partial charge in [0.1, 0.15) is 5.75 Å². The summed E-state index contributed by atoms with van der Waals surface area (Å²) in [4.78, 5) is 6.74. The van der Waals surface area contributed by atoms with E-state index < -0.39 is 0 Å². The molecule has 2 rings (SSSR count). The molecular formula is C14H23N3O. The Hall–Kier alpha value is -1.13. The molecule has 2 unspecified atom stereocenters. The summed E-state index contributed by atoms with van der Waals surface area (Å²) in [6.45, 7) is 7.13. The van der Waals surface area contributed by atoms with E-state index in [1.54, 1.807) is 6.07 Å². The predicted octanol–water partition coefficient (Wildman–Crippen LogP) is 1.53. The second-order valence-electron chi connectivity index (χ2n) is 5.43. The molecule has 1 aliphatic heterocycles. The highest BCUT2D eigenvalue weighted by molar-refractivity contribution is 5.27. The summed E-state index contributed by atoms with van der Waals surface area (Å²) in [5.41, 5.74) is 1.70. The highest BCUT2D eigenvalue weighted by Crippen LogP contribution is 2.18. The summed E-state index contributed by atoms with van der Waals surface area (Å²) in [5.74, 6) is 0.921. The summed E-state index contributed by atoms with van der Waals surface area (Å²) in [6.07, 6.45) is 1.16. The lowest BCUT2D eigenvalue weighted by Gasteiger charge is -2.35. The highest BCUT2D eigenvalue weighted by Gasteiger charge is 2.23. The quantitative estimate of drug-likeness (QED) is 0.853. The number of hydrogen-bond donors (Lipinski definition) is 2. The fraction of sp³-hybridized carbons (Fsp3) is 0.643. The van der Waals surface area contributed by atoms with E-state index >= 15 is 0 Å². The van der Waals surface area contributed by atoms with Crippen LogP contribution in [0.2, 0.25) is 0 Å². The van der Waals surface area contributed by atoms with E-state index in [9.17, 15) is 5.11 Å². The molecule has 0 aliphatic carbocycles. The predicted molar refractivity (Wildman–Crippen MR) is 72.5 cm³/mol. The molecule has 4 nitrogen and oxygen atoms in total. The zero-order valence-corrected chi connectivity index (χ0v) is 11.5. The molecule has 2 heterocycles. The third kappa shape index (κ3) is 3.21. The lowest BCUT2D eigenvalue weighted by molar-refractivity contribution is 0.174. The van der Waals surface area contributed by atoms with Crippen LogP contribution in [0.1, 0.15) is 24.7 Å². The largest absolute Gasteiger partial charge is 0.506 e. The molecule has 2 N–H and O–H groups in total. The summed E-state index contributed by atoms with van der Waals surface area (Å²) in [6, 6.07) is 4.07. The maximum absolute atomic E-state index is 9.76. The number of aromatic nitrogens is 1. The Morgan fingerprint density at radius 2 is 2.28 bits per heavy atom. The molecular weight excluding hydrogens is 226 g/mol. The Morgan fingerprint density at radius 1 is 1.50 bits per heavy atom. The van der Waals surface area contributed by atoms with Crippen molar-refractivity contribution in [3.63, 3.8) is 0 Å². The van der Waals surface area contributed by atoms with E-state index in [-0.39, 0.29) is 5.75 Å². The summed E-state index contributed by atoms with van der Waals surface area (Å²) < 4.78 is 0. The van der Waals surface area contributed by atoms with Gasteiger partial charge in [-0.25, -0.2) is 0 Å². The van der Waals surface area contributed by atoms with Gasteiger partial charge in [-0.1, -0.05) is 6.92 Å². The molecule has 1 aliphatic rings. The lowest BCUT2D eigenvalue weighted by Crippen LogP contribution is -2.46. The van der Waals surface area contributed by atoms with Crippen LogP contribution in [0.3, 0.4) is 0 Å². The molecule has 1 fully saturated rings. The van der Waals surface area contributed by atoms with Crippen LogP contribution in [-0.2, 0) is 6.54 Å². The number of aryl methyl sites for hydroxylation is 1. The average molecular weight is 249 g/mol. The first-order valence-corrected chi connectivity index (χ1v) is 6.63. The van der Waals surface area contributed by atoms with Gasteiger partial charge in [0.05, 0.1) is 5.69 Å². The Bertz CT molecular complexity index is 408. The maximum atomic E-state index is 9.76. The summed E-state index contributed by atoms with van der Waals surface area (Å²) in [5, 5.41) is 13.3. The van der Waals surface area contributed by atoms with Crippen molar-refractivity contribution in [3.8, 4) is 5.75 Å². The minimum absolute atomic E-state index is 0.286. The third-order valence-electron chi connectivity index (χ3n) is 3.73. The lowest BCUT2D eigenvalue weighted by atomic mass is 9.94. The SMILES string of the molecule is Cc1ccc(O)c(CNC2CCN(C)CC2C)n1. The number of likely N-dealkylation sites (tertiary alicyclic amines) is 1. The van der Waals surface area contributed by atoms with Crippen molar-refractivity contribution >= 4 is 0 Å². The second kappa shape index (κ2) is 5.67. The first-order chi connectivity index (χ1) is 8.56. The Balaban J connectivity index is 1.93. The Labute approximate surface area is 109 Å². The van der Waals surface area contributed by atoms with Gasteiger partial charge in [-0.3, -0.25) is 4.98 Å². The van der Waals surface area contributed by atoms with Gasteiger partial charge in [0.25, 0.3) is 0 Å². The van der Waals surface area contributed by atoms with Crippen molar-refractivity contribution in [1.29, 1.82) is 0 Å². The van der Waals surface area contributed by atoms with Crippen LogP contribution in [0.25, 0.3) is 0 Å².